The number of fused-ring (bicyclic) bond motifs is 3. The quantitative estimate of drug-likeness (QED) is 0.338. The van der Waals surface area contributed by atoms with Gasteiger partial charge in [0.15, 0.2) is 5.00 Å². The summed E-state index contributed by atoms with van der Waals surface area (Å²) in [7, 11) is 0. The van der Waals surface area contributed by atoms with Crippen LogP contribution in [0.1, 0.15) is 21.6 Å². The second-order valence-electron chi connectivity index (χ2n) is 8.71. The number of hydrogen-bond acceptors (Lipinski definition) is 9. The van der Waals surface area contributed by atoms with Gasteiger partial charge < -0.3 is 15.2 Å². The van der Waals surface area contributed by atoms with E-state index in [0.717, 1.165) is 57.9 Å². The molecule has 0 fully saturated rings. The SMILES string of the molecule is Cc1ccc(NC(=O)c2cc(C(F)(F)F)ccn2)cc1-c1cc2cn/c(=N/c3cnns3)nc-2n2c1NCC2. The number of aryl methyl sites for hydroxylation is 1. The van der Waals surface area contributed by atoms with Crippen LogP contribution in [0.5, 0.6) is 0 Å². The van der Waals surface area contributed by atoms with Crippen molar-refractivity contribution in [2.45, 2.75) is 19.6 Å². The first kappa shape index (κ1) is 24.6. The van der Waals surface area contributed by atoms with E-state index in [1.54, 1.807) is 18.3 Å². The van der Waals surface area contributed by atoms with E-state index in [2.05, 4.69) is 40.2 Å². The van der Waals surface area contributed by atoms with Gasteiger partial charge in [-0.15, -0.1) is 5.10 Å². The molecule has 3 aliphatic rings. The summed E-state index contributed by atoms with van der Waals surface area (Å²) >= 11 is 1.14. The lowest BCUT2D eigenvalue weighted by atomic mass is 9.98. The number of pyridine rings is 2. The van der Waals surface area contributed by atoms with E-state index in [9.17, 15) is 18.0 Å². The van der Waals surface area contributed by atoms with Gasteiger partial charge in [-0.05, 0) is 48.4 Å². The van der Waals surface area contributed by atoms with Crippen LogP contribution in [0.2, 0.25) is 0 Å². The minimum Gasteiger partial charge on any atom is -0.369 e. The van der Waals surface area contributed by atoms with Gasteiger partial charge >= 0.3 is 6.18 Å². The number of nitrogens with one attached hydrogen (secondary N) is 2. The number of aromatic nitrogens is 6. The molecule has 0 aliphatic carbocycles. The Hall–Kier alpha value is -4.72. The van der Waals surface area contributed by atoms with Crippen molar-refractivity contribution in [2.24, 2.45) is 4.99 Å². The fraction of sp³-hybridized carbons (Fsp3) is 0.160. The first-order chi connectivity index (χ1) is 18.8. The topological polar surface area (TPSA) is 123 Å². The highest BCUT2D eigenvalue weighted by molar-refractivity contribution is 7.09. The van der Waals surface area contributed by atoms with Gasteiger partial charge in [0.1, 0.15) is 17.3 Å². The Morgan fingerprint density at radius 3 is 2.79 bits per heavy atom. The lowest BCUT2D eigenvalue weighted by molar-refractivity contribution is -0.137. The molecule has 10 nitrogen and oxygen atoms in total. The van der Waals surface area contributed by atoms with Crippen molar-refractivity contribution in [3.05, 3.63) is 77.4 Å². The maximum Gasteiger partial charge on any atom is 0.416 e. The fourth-order valence-electron chi connectivity index (χ4n) is 4.35. The Morgan fingerprint density at radius 1 is 1.13 bits per heavy atom. The first-order valence-corrected chi connectivity index (χ1v) is 12.5. The van der Waals surface area contributed by atoms with Crippen LogP contribution in [0.4, 0.5) is 29.7 Å². The molecule has 0 saturated heterocycles. The molecule has 14 heteroatoms. The molecule has 0 unspecified atom stereocenters. The van der Waals surface area contributed by atoms with E-state index in [0.29, 0.717) is 35.2 Å². The number of rotatable bonds is 4. The molecule has 3 aliphatic heterocycles. The van der Waals surface area contributed by atoms with Crippen LogP contribution in [0.15, 0.2) is 60.0 Å². The third-order valence-corrected chi connectivity index (χ3v) is 6.72. The monoisotopic (exact) mass is 549 g/mol. The second kappa shape index (κ2) is 9.54. The standard InChI is InChI=1S/C25H18F3N9OS/c1-13-2-3-16(33-23(38)19-9-15(4-5-29-19)25(26,27)28)10-17(13)18-8-14-11-31-24(34-20-12-32-36-39-20)35-21(14)37-7-6-30-22(18)37/h2-5,8-12,30H,6-7H2,1H3,(H,33,38)/b34-24-. The van der Waals surface area contributed by atoms with Crippen LogP contribution in [0.25, 0.3) is 22.5 Å². The molecule has 6 rings (SSSR count). The van der Waals surface area contributed by atoms with E-state index in [1.807, 2.05) is 23.6 Å². The molecule has 3 aromatic rings. The predicted molar refractivity (Wildman–Crippen MR) is 138 cm³/mol. The number of anilines is 2. The molecule has 0 bridgehead atoms. The molecule has 0 radical (unpaired) electrons. The smallest absolute Gasteiger partial charge is 0.369 e. The van der Waals surface area contributed by atoms with Gasteiger partial charge in [0.05, 0.1) is 11.8 Å². The number of carbonyl (C=O) groups excluding carboxylic acids is 1. The Kier molecular flexibility index (Phi) is 6.02. The van der Waals surface area contributed by atoms with Gasteiger partial charge in [-0.1, -0.05) is 10.6 Å². The third kappa shape index (κ3) is 4.81. The number of carbonyl (C=O) groups is 1. The number of amides is 1. The Bertz CT molecular complexity index is 1750. The summed E-state index contributed by atoms with van der Waals surface area (Å²) in [6.45, 7) is 3.31. The second-order valence-corrected chi connectivity index (χ2v) is 9.48. The summed E-state index contributed by atoms with van der Waals surface area (Å²) in [5.41, 5.74) is 2.87. The molecule has 1 amide bonds. The van der Waals surface area contributed by atoms with E-state index in [1.165, 1.54) is 6.20 Å². The summed E-state index contributed by atoms with van der Waals surface area (Å²) in [5, 5.41) is 10.4. The summed E-state index contributed by atoms with van der Waals surface area (Å²) in [6.07, 6.45) is -0.370. The zero-order valence-electron chi connectivity index (χ0n) is 20.2. The number of alkyl halides is 3. The van der Waals surface area contributed by atoms with Crippen LogP contribution >= 0.6 is 11.5 Å². The van der Waals surface area contributed by atoms with E-state index >= 15 is 0 Å². The maximum atomic E-state index is 13.1. The van der Waals surface area contributed by atoms with Gasteiger partial charge in [-0.3, -0.25) is 9.78 Å². The van der Waals surface area contributed by atoms with E-state index in [4.69, 9.17) is 0 Å². The molecule has 0 atom stereocenters. The summed E-state index contributed by atoms with van der Waals surface area (Å²) in [5.74, 6) is 0.813. The number of benzene rings is 1. The normalized spacial score (nSPS) is 13.4. The number of nitrogens with zero attached hydrogens (tertiary/aromatic N) is 7. The lowest BCUT2D eigenvalue weighted by Gasteiger charge is -2.19. The average molecular weight is 550 g/mol. The molecule has 2 N–H and O–H groups in total. The summed E-state index contributed by atoms with van der Waals surface area (Å²) in [4.78, 5) is 30.0. The molecule has 39 heavy (non-hydrogen) atoms. The molecular weight excluding hydrogens is 531 g/mol. The minimum atomic E-state index is -4.58. The molecule has 1 aromatic carbocycles. The van der Waals surface area contributed by atoms with Crippen molar-refractivity contribution in [1.82, 2.24) is 29.1 Å². The van der Waals surface area contributed by atoms with Crippen molar-refractivity contribution >= 4 is 33.9 Å². The Labute approximate surface area is 222 Å². The van der Waals surface area contributed by atoms with Crippen LogP contribution in [0.3, 0.4) is 0 Å². The van der Waals surface area contributed by atoms with Crippen LogP contribution in [0, 0.1) is 6.92 Å². The Morgan fingerprint density at radius 2 is 2.00 bits per heavy atom. The highest BCUT2D eigenvalue weighted by Crippen LogP contribution is 2.39. The highest BCUT2D eigenvalue weighted by atomic mass is 32.1. The third-order valence-electron chi connectivity index (χ3n) is 6.16. The average Bonchev–Trinajstić information content (AvgIpc) is 3.62. The largest absolute Gasteiger partial charge is 0.416 e. The van der Waals surface area contributed by atoms with E-state index in [-0.39, 0.29) is 5.69 Å². The van der Waals surface area contributed by atoms with Crippen LogP contribution < -0.4 is 16.3 Å². The van der Waals surface area contributed by atoms with Crippen molar-refractivity contribution in [1.29, 1.82) is 0 Å². The Balaban J connectivity index is 1.38. The molecule has 2 aromatic heterocycles. The van der Waals surface area contributed by atoms with Gasteiger partial charge in [-0.25, -0.2) is 4.98 Å². The van der Waals surface area contributed by atoms with Crippen molar-refractivity contribution < 1.29 is 18.0 Å². The van der Waals surface area contributed by atoms with Gasteiger partial charge in [0.25, 0.3) is 11.5 Å². The summed E-state index contributed by atoms with van der Waals surface area (Å²) in [6, 6.07) is 8.82. The number of halogens is 3. The van der Waals surface area contributed by atoms with Gasteiger partial charge in [-0.2, -0.15) is 23.1 Å². The lowest BCUT2D eigenvalue weighted by Crippen LogP contribution is -2.17. The van der Waals surface area contributed by atoms with Gasteiger partial charge in [0.2, 0.25) is 0 Å². The first-order valence-electron chi connectivity index (χ1n) is 11.7. The van der Waals surface area contributed by atoms with Crippen molar-refractivity contribution in [3.8, 4) is 22.5 Å². The molecule has 196 valence electrons. The molecule has 0 saturated carbocycles. The zero-order chi connectivity index (χ0) is 27.1. The van der Waals surface area contributed by atoms with Crippen molar-refractivity contribution in [3.63, 3.8) is 0 Å². The molecule has 0 spiro atoms. The van der Waals surface area contributed by atoms with Crippen LogP contribution in [-0.4, -0.2) is 41.6 Å². The summed E-state index contributed by atoms with van der Waals surface area (Å²) < 4.78 is 45.1. The fourth-order valence-corrected chi connectivity index (χ4v) is 4.74. The van der Waals surface area contributed by atoms with Gasteiger partial charge in [0, 0.05) is 53.8 Å². The molecule has 5 heterocycles. The predicted octanol–water partition coefficient (Wildman–Crippen LogP) is 4.53. The minimum absolute atomic E-state index is 0.298. The van der Waals surface area contributed by atoms with Crippen LogP contribution in [-0.2, 0) is 12.7 Å². The van der Waals surface area contributed by atoms with E-state index < -0.39 is 17.6 Å². The number of hydrogen-bond donors (Lipinski definition) is 2. The van der Waals surface area contributed by atoms with Crippen molar-refractivity contribution in [2.75, 3.05) is 17.2 Å². The molecular formula is C25H18F3N9OS. The maximum absolute atomic E-state index is 13.1. The zero-order valence-corrected chi connectivity index (χ0v) is 21.0. The highest BCUT2D eigenvalue weighted by Gasteiger charge is 2.31.